The summed E-state index contributed by atoms with van der Waals surface area (Å²) in [4.78, 5) is 1.40. The van der Waals surface area contributed by atoms with Crippen LogP contribution in [0.4, 0.5) is 13.2 Å². The molecule has 0 saturated heterocycles. The molecular formula is C12H23BrF3N. The topological polar surface area (TPSA) is 3.24 Å². The van der Waals surface area contributed by atoms with E-state index in [-0.39, 0.29) is 5.41 Å². The first-order chi connectivity index (χ1) is 7.78. The molecule has 0 spiro atoms. The van der Waals surface area contributed by atoms with E-state index < -0.39 is 12.7 Å². The molecular weight excluding hydrogens is 295 g/mol. The van der Waals surface area contributed by atoms with E-state index >= 15 is 0 Å². The number of hydrogen-bond donors (Lipinski definition) is 0. The summed E-state index contributed by atoms with van der Waals surface area (Å²) in [6.07, 6.45) is -0.162. The minimum Gasteiger partial charge on any atom is -0.298 e. The number of halogens is 4. The van der Waals surface area contributed by atoms with Crippen LogP contribution < -0.4 is 0 Å². The molecule has 0 saturated carbocycles. The third kappa shape index (κ3) is 7.29. The highest BCUT2D eigenvalue weighted by molar-refractivity contribution is 9.09. The van der Waals surface area contributed by atoms with Gasteiger partial charge in [0.25, 0.3) is 0 Å². The van der Waals surface area contributed by atoms with Crippen molar-refractivity contribution in [3.63, 3.8) is 0 Å². The van der Waals surface area contributed by atoms with Crippen LogP contribution >= 0.6 is 15.9 Å². The van der Waals surface area contributed by atoms with Gasteiger partial charge in [-0.2, -0.15) is 13.2 Å². The summed E-state index contributed by atoms with van der Waals surface area (Å²) in [5.74, 6) is 0. The highest BCUT2D eigenvalue weighted by atomic mass is 79.9. The molecule has 0 amide bonds. The van der Waals surface area contributed by atoms with Crippen molar-refractivity contribution in [1.29, 1.82) is 0 Å². The predicted octanol–water partition coefficient (Wildman–Crippen LogP) is 4.46. The third-order valence-corrected chi connectivity index (χ3v) is 4.09. The second-order valence-corrected chi connectivity index (χ2v) is 5.48. The lowest BCUT2D eigenvalue weighted by molar-refractivity contribution is -0.145. The SMILES string of the molecule is CCCC(CBr)(CCC)CN(C)CC(F)(F)F. The zero-order valence-electron chi connectivity index (χ0n) is 10.9. The molecule has 0 radical (unpaired) electrons. The highest BCUT2D eigenvalue weighted by Gasteiger charge is 2.34. The monoisotopic (exact) mass is 317 g/mol. The summed E-state index contributed by atoms with van der Waals surface area (Å²) in [6, 6.07) is 0. The third-order valence-electron chi connectivity index (χ3n) is 2.90. The van der Waals surface area contributed by atoms with Gasteiger partial charge in [0.1, 0.15) is 0 Å². The Morgan fingerprint density at radius 2 is 1.47 bits per heavy atom. The predicted molar refractivity (Wildman–Crippen MR) is 69.6 cm³/mol. The van der Waals surface area contributed by atoms with Crippen LogP contribution in [0.5, 0.6) is 0 Å². The van der Waals surface area contributed by atoms with Crippen LogP contribution in [0.3, 0.4) is 0 Å². The van der Waals surface area contributed by atoms with Crippen molar-refractivity contribution in [3.05, 3.63) is 0 Å². The molecule has 0 N–H and O–H groups in total. The standard InChI is InChI=1S/C12H23BrF3N/c1-4-6-11(8-13,7-5-2)9-17(3)10-12(14,15)16/h4-10H2,1-3H3. The van der Waals surface area contributed by atoms with Crippen molar-refractivity contribution < 1.29 is 13.2 Å². The zero-order valence-corrected chi connectivity index (χ0v) is 12.5. The summed E-state index contributed by atoms with van der Waals surface area (Å²) in [7, 11) is 1.55. The molecule has 0 atom stereocenters. The lowest BCUT2D eigenvalue weighted by Crippen LogP contribution is -2.41. The Hall–Kier alpha value is 0.230. The van der Waals surface area contributed by atoms with E-state index in [1.165, 1.54) is 4.90 Å². The molecule has 1 nitrogen and oxygen atoms in total. The van der Waals surface area contributed by atoms with Gasteiger partial charge in [-0.3, -0.25) is 4.90 Å². The second kappa shape index (κ2) is 7.62. The molecule has 0 unspecified atom stereocenters. The summed E-state index contributed by atoms with van der Waals surface area (Å²) >= 11 is 3.48. The van der Waals surface area contributed by atoms with Gasteiger partial charge in [0.2, 0.25) is 0 Å². The maximum absolute atomic E-state index is 12.3. The van der Waals surface area contributed by atoms with E-state index in [4.69, 9.17) is 0 Å². The van der Waals surface area contributed by atoms with Crippen LogP contribution in [0.2, 0.25) is 0 Å². The summed E-state index contributed by atoms with van der Waals surface area (Å²) < 4.78 is 36.9. The quantitative estimate of drug-likeness (QED) is 0.597. The van der Waals surface area contributed by atoms with Crippen molar-refractivity contribution in [1.82, 2.24) is 4.90 Å². The van der Waals surface area contributed by atoms with Crippen LogP contribution in [0.15, 0.2) is 0 Å². The minimum absolute atomic E-state index is 0.0243. The van der Waals surface area contributed by atoms with Crippen molar-refractivity contribution >= 4 is 15.9 Å². The molecule has 0 fully saturated rings. The van der Waals surface area contributed by atoms with Crippen LogP contribution in [0, 0.1) is 5.41 Å². The number of hydrogen-bond acceptors (Lipinski definition) is 1. The Balaban J connectivity index is 4.50. The fourth-order valence-corrected chi connectivity index (χ4v) is 3.19. The van der Waals surface area contributed by atoms with Crippen molar-refractivity contribution in [2.24, 2.45) is 5.41 Å². The Morgan fingerprint density at radius 1 is 1.00 bits per heavy atom. The largest absolute Gasteiger partial charge is 0.401 e. The van der Waals surface area contributed by atoms with E-state index in [0.717, 1.165) is 31.0 Å². The van der Waals surface area contributed by atoms with Gasteiger partial charge < -0.3 is 0 Å². The molecule has 0 aromatic heterocycles. The first-order valence-corrected chi connectivity index (χ1v) is 7.22. The fourth-order valence-electron chi connectivity index (χ4n) is 2.45. The average Bonchev–Trinajstić information content (AvgIpc) is 2.15. The molecule has 0 aliphatic heterocycles. The Morgan fingerprint density at radius 3 is 1.76 bits per heavy atom. The summed E-state index contributed by atoms with van der Waals surface area (Å²) in [6.45, 7) is 3.84. The first-order valence-electron chi connectivity index (χ1n) is 6.10. The number of alkyl halides is 4. The van der Waals surface area contributed by atoms with Gasteiger partial charge in [-0.25, -0.2) is 0 Å². The smallest absolute Gasteiger partial charge is 0.298 e. The molecule has 0 aromatic rings. The van der Waals surface area contributed by atoms with E-state index in [9.17, 15) is 13.2 Å². The van der Waals surface area contributed by atoms with Crippen molar-refractivity contribution in [2.75, 3.05) is 25.5 Å². The molecule has 0 aromatic carbocycles. The van der Waals surface area contributed by atoms with E-state index in [2.05, 4.69) is 29.8 Å². The summed E-state index contributed by atoms with van der Waals surface area (Å²) in [5.41, 5.74) is -0.0243. The maximum Gasteiger partial charge on any atom is 0.401 e. The summed E-state index contributed by atoms with van der Waals surface area (Å²) in [5, 5.41) is 0.768. The maximum atomic E-state index is 12.3. The lowest BCUT2D eigenvalue weighted by atomic mass is 9.81. The molecule has 0 bridgehead atoms. The van der Waals surface area contributed by atoms with Gasteiger partial charge in [-0.1, -0.05) is 42.6 Å². The second-order valence-electron chi connectivity index (χ2n) is 4.92. The van der Waals surface area contributed by atoms with Crippen molar-refractivity contribution in [3.8, 4) is 0 Å². The van der Waals surface area contributed by atoms with E-state index in [1.54, 1.807) is 7.05 Å². The van der Waals surface area contributed by atoms with E-state index in [0.29, 0.717) is 6.54 Å². The molecule has 0 aliphatic rings. The Bertz CT molecular complexity index is 200. The van der Waals surface area contributed by atoms with Crippen LogP contribution in [0.1, 0.15) is 39.5 Å². The average molecular weight is 318 g/mol. The van der Waals surface area contributed by atoms with Crippen LogP contribution in [-0.4, -0.2) is 36.5 Å². The number of nitrogens with zero attached hydrogens (tertiary/aromatic N) is 1. The van der Waals surface area contributed by atoms with Gasteiger partial charge >= 0.3 is 6.18 Å². The molecule has 0 aliphatic carbocycles. The van der Waals surface area contributed by atoms with Gasteiger partial charge in [0, 0.05) is 11.9 Å². The molecule has 17 heavy (non-hydrogen) atoms. The Labute approximate surface area is 111 Å². The van der Waals surface area contributed by atoms with Gasteiger partial charge in [0.15, 0.2) is 0 Å². The van der Waals surface area contributed by atoms with Gasteiger partial charge in [0.05, 0.1) is 6.54 Å². The molecule has 0 heterocycles. The van der Waals surface area contributed by atoms with Gasteiger partial charge in [-0.05, 0) is 25.3 Å². The zero-order chi connectivity index (χ0) is 13.5. The minimum atomic E-state index is -4.11. The molecule has 104 valence electrons. The Kier molecular flexibility index (Phi) is 7.72. The van der Waals surface area contributed by atoms with E-state index in [1.807, 2.05) is 0 Å². The fraction of sp³-hybridized carbons (Fsp3) is 1.00. The lowest BCUT2D eigenvalue weighted by Gasteiger charge is -2.36. The molecule has 0 rings (SSSR count). The van der Waals surface area contributed by atoms with Crippen LogP contribution in [0.25, 0.3) is 0 Å². The first kappa shape index (κ1) is 17.2. The normalized spacial score (nSPS) is 13.4. The van der Waals surface area contributed by atoms with Crippen molar-refractivity contribution in [2.45, 2.75) is 45.7 Å². The van der Waals surface area contributed by atoms with Crippen LogP contribution in [-0.2, 0) is 0 Å². The number of rotatable bonds is 8. The van der Waals surface area contributed by atoms with Gasteiger partial charge in [-0.15, -0.1) is 0 Å². The highest BCUT2D eigenvalue weighted by Crippen LogP contribution is 2.33. The molecule has 5 heteroatoms.